The Labute approximate surface area is 285 Å². The molecule has 4 aromatic carbocycles. The number of ether oxygens (including phenoxy) is 4. The first kappa shape index (κ1) is 32.7. The predicted octanol–water partition coefficient (Wildman–Crippen LogP) is 6.24. The number of benzene rings is 4. The topological polar surface area (TPSA) is 115 Å². The zero-order valence-electron chi connectivity index (χ0n) is 27.8. The number of amides is 1. The molecule has 0 unspecified atom stereocenters. The molecule has 2 N–H and O–H groups in total. The van der Waals surface area contributed by atoms with Gasteiger partial charge in [0.1, 0.15) is 5.69 Å². The van der Waals surface area contributed by atoms with Crippen molar-refractivity contribution >= 4 is 22.6 Å². The van der Waals surface area contributed by atoms with E-state index >= 15 is 0 Å². The second-order valence-electron chi connectivity index (χ2n) is 12.6. The number of para-hydroxylation sites is 2. The third-order valence-corrected chi connectivity index (χ3v) is 9.46. The zero-order valence-corrected chi connectivity index (χ0v) is 27.8. The lowest BCUT2D eigenvalue weighted by Crippen LogP contribution is -2.45. The Bertz CT molecular complexity index is 1950. The highest BCUT2D eigenvalue weighted by atomic mass is 16.7. The number of nitrogens with zero attached hydrogens (tertiary/aromatic N) is 3. The van der Waals surface area contributed by atoms with Crippen LogP contribution in [0.1, 0.15) is 57.6 Å². The van der Waals surface area contributed by atoms with Crippen molar-refractivity contribution in [2.75, 3.05) is 32.6 Å². The van der Waals surface area contributed by atoms with E-state index in [1.807, 2.05) is 72.8 Å². The van der Waals surface area contributed by atoms with Gasteiger partial charge in [0.25, 0.3) is 5.91 Å². The first-order valence-corrected chi connectivity index (χ1v) is 16.5. The first-order chi connectivity index (χ1) is 23.9. The van der Waals surface area contributed by atoms with Crippen LogP contribution in [0.2, 0.25) is 0 Å². The highest BCUT2D eigenvalue weighted by Gasteiger charge is 2.39. The van der Waals surface area contributed by atoms with Crippen LogP contribution in [0.4, 0.5) is 5.69 Å². The van der Waals surface area contributed by atoms with E-state index in [1.165, 1.54) is 17.3 Å². The zero-order chi connectivity index (χ0) is 33.9. The van der Waals surface area contributed by atoms with Crippen LogP contribution in [0.15, 0.2) is 91.1 Å². The van der Waals surface area contributed by atoms with E-state index in [0.717, 1.165) is 53.2 Å². The number of fused-ring (bicyclic) bond motifs is 2. The van der Waals surface area contributed by atoms with Crippen LogP contribution in [0.5, 0.6) is 11.5 Å². The van der Waals surface area contributed by atoms with Crippen molar-refractivity contribution < 1.29 is 28.8 Å². The van der Waals surface area contributed by atoms with E-state index in [4.69, 9.17) is 18.9 Å². The molecule has 252 valence electrons. The molecule has 1 saturated heterocycles. The molecule has 0 radical (unpaired) electrons. The van der Waals surface area contributed by atoms with Crippen LogP contribution in [-0.4, -0.2) is 59.3 Å². The summed E-state index contributed by atoms with van der Waals surface area (Å²) in [5.74, 6) is 1.15. The number of methoxy groups -OCH3 is 2. The van der Waals surface area contributed by atoms with Gasteiger partial charge in [0.05, 0.1) is 50.3 Å². The third kappa shape index (κ3) is 7.00. The minimum atomic E-state index is -0.678. The van der Waals surface area contributed by atoms with Gasteiger partial charge in [-0.1, -0.05) is 55.5 Å². The summed E-state index contributed by atoms with van der Waals surface area (Å²) < 4.78 is 24.6. The maximum atomic E-state index is 13.2. The van der Waals surface area contributed by atoms with Crippen molar-refractivity contribution in [3.63, 3.8) is 0 Å². The third-order valence-electron chi connectivity index (χ3n) is 9.46. The van der Waals surface area contributed by atoms with Crippen molar-refractivity contribution in [1.29, 1.82) is 0 Å². The van der Waals surface area contributed by atoms with Gasteiger partial charge in [-0.3, -0.25) is 14.7 Å². The molecule has 0 spiro atoms. The maximum Gasteiger partial charge on any atom is 0.275 e. The number of anilines is 1. The van der Waals surface area contributed by atoms with Gasteiger partial charge in [0.15, 0.2) is 17.8 Å². The van der Waals surface area contributed by atoms with Crippen molar-refractivity contribution in [1.82, 2.24) is 14.9 Å². The van der Waals surface area contributed by atoms with E-state index in [-0.39, 0.29) is 36.3 Å². The molecule has 5 aromatic rings. The molecule has 0 saturated carbocycles. The summed E-state index contributed by atoms with van der Waals surface area (Å²) in [6, 6.07) is 27.0. The van der Waals surface area contributed by atoms with Crippen LogP contribution in [0.25, 0.3) is 11.0 Å². The summed E-state index contributed by atoms with van der Waals surface area (Å²) in [6.45, 7) is 4.50. The quantitative estimate of drug-likeness (QED) is 0.190. The van der Waals surface area contributed by atoms with Gasteiger partial charge in [-0.05, 0) is 65.1 Å². The van der Waals surface area contributed by atoms with Gasteiger partial charge < -0.3 is 29.4 Å². The van der Waals surface area contributed by atoms with Crippen LogP contribution in [0, 0.1) is 5.92 Å². The van der Waals surface area contributed by atoms with Crippen LogP contribution in [-0.2, 0) is 29.0 Å². The fourth-order valence-electron chi connectivity index (χ4n) is 6.70. The lowest BCUT2D eigenvalue weighted by atomic mass is 9.89. The van der Waals surface area contributed by atoms with E-state index in [0.29, 0.717) is 17.7 Å². The Hall–Kier alpha value is -4.87. The molecule has 10 nitrogen and oxygen atoms in total. The Balaban J connectivity index is 1.13. The number of carbonyl (C=O) groups excluding carboxylic acids is 1. The fraction of sp³-hybridized carbons (Fsp3) is 0.308. The van der Waals surface area contributed by atoms with Crippen LogP contribution in [0.3, 0.4) is 0 Å². The molecular weight excluding hydrogens is 620 g/mol. The summed E-state index contributed by atoms with van der Waals surface area (Å²) in [5, 5.41) is 12.6. The minimum absolute atomic E-state index is 0.0217. The molecule has 2 aliphatic heterocycles. The lowest BCUT2D eigenvalue weighted by molar-refractivity contribution is -0.276. The number of hydrogen-bond donors (Lipinski definition) is 2. The van der Waals surface area contributed by atoms with Gasteiger partial charge in [-0.15, -0.1) is 0 Å². The number of aliphatic hydroxyl groups excluding tert-OH is 1. The molecule has 4 atom stereocenters. The number of aromatic nitrogens is 2. The van der Waals surface area contributed by atoms with Gasteiger partial charge in [-0.2, -0.15) is 0 Å². The van der Waals surface area contributed by atoms with Crippen molar-refractivity contribution in [3.8, 4) is 11.5 Å². The standard InChI is InChI=1S/C39H40N4O6/c1-24-36(22-43-16-15-27-18-34(46-2)35(47-3)19-29(27)21-43)48-39(49-37(24)26-13-11-25(23-44)12-14-26)28-7-6-8-30(17-28)41-38(45)33-20-40-31-9-4-5-10-32(31)42-33/h4-14,17-20,24,36-37,39,44H,15-16,21-23H2,1-3H3,(H,41,45)/t24-,36+,37+,39+/m1/s1. The monoisotopic (exact) mass is 660 g/mol. The molecule has 7 rings (SSSR count). The molecule has 10 heteroatoms. The summed E-state index contributed by atoms with van der Waals surface area (Å²) in [6.07, 6.45) is 1.28. The van der Waals surface area contributed by atoms with Crippen molar-refractivity contribution in [2.24, 2.45) is 5.92 Å². The van der Waals surface area contributed by atoms with Gasteiger partial charge in [0.2, 0.25) is 0 Å². The fourth-order valence-corrected chi connectivity index (χ4v) is 6.70. The number of hydrogen-bond acceptors (Lipinski definition) is 9. The molecule has 0 aliphatic carbocycles. The largest absolute Gasteiger partial charge is 0.493 e. The van der Waals surface area contributed by atoms with Gasteiger partial charge in [-0.25, -0.2) is 4.98 Å². The molecule has 1 amide bonds. The SMILES string of the molecule is COc1cc2c(cc1OC)CN(C[C@@H]1O[C@H](c3cccc(NC(=O)c4cnc5ccccc5n4)c3)O[C@H](c3ccc(CO)cc3)[C@@H]1C)CC2. The highest BCUT2D eigenvalue weighted by molar-refractivity contribution is 6.03. The van der Waals surface area contributed by atoms with Gasteiger partial charge >= 0.3 is 0 Å². The number of rotatable bonds is 9. The normalized spacial score (nSPS) is 20.8. The Morgan fingerprint density at radius 1 is 0.918 bits per heavy atom. The molecule has 0 bridgehead atoms. The summed E-state index contributed by atoms with van der Waals surface area (Å²) in [4.78, 5) is 24.5. The Morgan fingerprint density at radius 2 is 1.67 bits per heavy atom. The molecule has 49 heavy (non-hydrogen) atoms. The Morgan fingerprint density at radius 3 is 2.43 bits per heavy atom. The van der Waals surface area contributed by atoms with E-state index < -0.39 is 6.29 Å². The van der Waals surface area contributed by atoms with Gasteiger partial charge in [0, 0.05) is 36.8 Å². The van der Waals surface area contributed by atoms with E-state index in [9.17, 15) is 9.90 Å². The molecular formula is C39H40N4O6. The Kier molecular flexibility index (Phi) is 9.54. The molecule has 1 aromatic heterocycles. The van der Waals surface area contributed by atoms with Crippen LogP contribution < -0.4 is 14.8 Å². The number of carbonyl (C=O) groups is 1. The predicted molar refractivity (Wildman–Crippen MR) is 185 cm³/mol. The summed E-state index contributed by atoms with van der Waals surface area (Å²) in [5.41, 5.74) is 7.34. The van der Waals surface area contributed by atoms with E-state index in [1.54, 1.807) is 14.2 Å². The van der Waals surface area contributed by atoms with Crippen LogP contribution >= 0.6 is 0 Å². The highest BCUT2D eigenvalue weighted by Crippen LogP contribution is 2.43. The second kappa shape index (κ2) is 14.3. The molecule has 2 aliphatic rings. The average molecular weight is 661 g/mol. The molecule has 3 heterocycles. The summed E-state index contributed by atoms with van der Waals surface area (Å²) >= 11 is 0. The lowest BCUT2D eigenvalue weighted by Gasteiger charge is -2.43. The van der Waals surface area contributed by atoms with Crippen molar-refractivity contribution in [2.45, 2.75) is 45.0 Å². The number of nitrogens with one attached hydrogen (secondary N) is 1. The minimum Gasteiger partial charge on any atom is -0.493 e. The second-order valence-corrected chi connectivity index (χ2v) is 12.6. The van der Waals surface area contributed by atoms with Crippen molar-refractivity contribution in [3.05, 3.63) is 125 Å². The first-order valence-electron chi connectivity index (χ1n) is 16.5. The number of aliphatic hydroxyl groups is 1. The van der Waals surface area contributed by atoms with E-state index in [2.05, 4.69) is 39.2 Å². The maximum absolute atomic E-state index is 13.2. The summed E-state index contributed by atoms with van der Waals surface area (Å²) in [7, 11) is 3.32. The smallest absolute Gasteiger partial charge is 0.275 e. The molecule has 1 fully saturated rings. The average Bonchev–Trinajstić information content (AvgIpc) is 3.15.